The Morgan fingerprint density at radius 2 is 1.94 bits per heavy atom. The molecule has 8 atom stereocenters. The number of fused-ring (bicyclic) bond motifs is 7. The molecule has 4 saturated carbocycles. The van der Waals surface area contributed by atoms with E-state index in [1.54, 1.807) is 6.92 Å². The van der Waals surface area contributed by atoms with Gasteiger partial charge in [-0.2, -0.15) is 0 Å². The largest absolute Gasteiger partial charge is 0.459 e. The van der Waals surface area contributed by atoms with Crippen molar-refractivity contribution in [3.63, 3.8) is 0 Å². The molecule has 3 heteroatoms. The average molecular weight is 248 g/mol. The van der Waals surface area contributed by atoms with Crippen LogP contribution < -0.4 is 0 Å². The van der Waals surface area contributed by atoms with E-state index >= 15 is 0 Å². The first-order valence-electron chi connectivity index (χ1n) is 7.12. The summed E-state index contributed by atoms with van der Waals surface area (Å²) >= 11 is 0. The van der Waals surface area contributed by atoms with Crippen molar-refractivity contribution in [1.29, 1.82) is 0 Å². The monoisotopic (exact) mass is 248 g/mol. The van der Waals surface area contributed by atoms with Crippen molar-refractivity contribution in [2.45, 2.75) is 38.4 Å². The van der Waals surface area contributed by atoms with Crippen LogP contribution in [0.1, 0.15) is 26.2 Å². The molecule has 0 heterocycles. The molecule has 1 N–H and O–H groups in total. The van der Waals surface area contributed by atoms with Crippen molar-refractivity contribution in [3.05, 3.63) is 12.2 Å². The SMILES string of the molecule is C=C(C)C(=O)OC1CC2CC1C1C(O)C3CC3C21. The first-order chi connectivity index (χ1) is 8.58. The number of aliphatic hydroxyl groups excluding tert-OH is 1. The summed E-state index contributed by atoms with van der Waals surface area (Å²) in [6.07, 6.45) is 3.32. The van der Waals surface area contributed by atoms with Gasteiger partial charge in [0, 0.05) is 11.5 Å². The molecule has 0 amide bonds. The number of aliphatic hydroxyl groups is 1. The Bertz CT molecular complexity index is 429. The number of carbonyl (C=O) groups excluding carboxylic acids is 1. The maximum Gasteiger partial charge on any atom is 0.333 e. The zero-order chi connectivity index (χ0) is 12.6. The van der Waals surface area contributed by atoms with E-state index in [2.05, 4.69) is 6.58 Å². The van der Waals surface area contributed by atoms with Crippen LogP contribution in [0, 0.1) is 35.5 Å². The Kier molecular flexibility index (Phi) is 2.07. The normalized spacial score (nSPS) is 55.0. The fraction of sp³-hybridized carbons (Fsp3) is 0.800. The lowest BCUT2D eigenvalue weighted by Gasteiger charge is -2.34. The summed E-state index contributed by atoms with van der Waals surface area (Å²) in [7, 11) is 0. The predicted molar refractivity (Wildman–Crippen MR) is 65.5 cm³/mol. The molecular weight excluding hydrogens is 228 g/mol. The number of rotatable bonds is 2. The van der Waals surface area contributed by atoms with Gasteiger partial charge in [-0.05, 0) is 55.8 Å². The van der Waals surface area contributed by atoms with Crippen molar-refractivity contribution in [3.8, 4) is 0 Å². The van der Waals surface area contributed by atoms with E-state index < -0.39 is 0 Å². The molecule has 2 bridgehead atoms. The van der Waals surface area contributed by atoms with Gasteiger partial charge in [-0.3, -0.25) is 0 Å². The number of esters is 1. The highest BCUT2D eigenvalue weighted by molar-refractivity contribution is 5.87. The summed E-state index contributed by atoms with van der Waals surface area (Å²) in [5, 5.41) is 10.3. The zero-order valence-electron chi connectivity index (χ0n) is 10.7. The maximum atomic E-state index is 11.6. The molecule has 98 valence electrons. The van der Waals surface area contributed by atoms with E-state index in [4.69, 9.17) is 4.74 Å². The Morgan fingerprint density at radius 1 is 1.17 bits per heavy atom. The first kappa shape index (κ1) is 11.0. The minimum absolute atomic E-state index is 0.0348. The van der Waals surface area contributed by atoms with Crippen molar-refractivity contribution < 1.29 is 14.6 Å². The van der Waals surface area contributed by atoms with Crippen LogP contribution in [0.5, 0.6) is 0 Å². The van der Waals surface area contributed by atoms with Gasteiger partial charge in [0.1, 0.15) is 6.10 Å². The molecule has 18 heavy (non-hydrogen) atoms. The highest BCUT2D eigenvalue weighted by atomic mass is 16.5. The summed E-state index contributed by atoms with van der Waals surface area (Å²) in [6, 6.07) is 0. The lowest BCUT2D eigenvalue weighted by Crippen LogP contribution is -2.38. The van der Waals surface area contributed by atoms with E-state index in [0.29, 0.717) is 29.2 Å². The second kappa shape index (κ2) is 3.38. The Labute approximate surface area is 107 Å². The first-order valence-corrected chi connectivity index (χ1v) is 7.12. The molecule has 0 spiro atoms. The van der Waals surface area contributed by atoms with Gasteiger partial charge in [-0.15, -0.1) is 0 Å². The van der Waals surface area contributed by atoms with Crippen molar-refractivity contribution in [2.75, 3.05) is 0 Å². The van der Waals surface area contributed by atoms with Crippen LogP contribution >= 0.6 is 0 Å². The number of carbonyl (C=O) groups is 1. The molecule has 0 aliphatic heterocycles. The molecule has 8 unspecified atom stereocenters. The van der Waals surface area contributed by atoms with E-state index in [1.165, 1.54) is 6.42 Å². The molecule has 3 nitrogen and oxygen atoms in total. The van der Waals surface area contributed by atoms with Crippen molar-refractivity contribution in [1.82, 2.24) is 0 Å². The second-order valence-corrected chi connectivity index (χ2v) is 6.83. The molecule has 4 aliphatic carbocycles. The second-order valence-electron chi connectivity index (χ2n) is 6.83. The van der Waals surface area contributed by atoms with Gasteiger partial charge < -0.3 is 9.84 Å². The quantitative estimate of drug-likeness (QED) is 0.598. The Hall–Kier alpha value is -0.830. The van der Waals surface area contributed by atoms with Gasteiger partial charge in [0.05, 0.1) is 6.10 Å². The smallest absolute Gasteiger partial charge is 0.333 e. The van der Waals surface area contributed by atoms with Crippen LogP contribution in [0.4, 0.5) is 0 Å². The topological polar surface area (TPSA) is 46.5 Å². The van der Waals surface area contributed by atoms with Gasteiger partial charge in [0.15, 0.2) is 0 Å². The minimum Gasteiger partial charge on any atom is -0.459 e. The Morgan fingerprint density at radius 3 is 2.67 bits per heavy atom. The summed E-state index contributed by atoms with van der Waals surface area (Å²) in [5.74, 6) is 3.34. The van der Waals surface area contributed by atoms with Gasteiger partial charge >= 0.3 is 5.97 Å². The van der Waals surface area contributed by atoms with Gasteiger partial charge in [-0.1, -0.05) is 6.58 Å². The summed E-state index contributed by atoms with van der Waals surface area (Å²) in [4.78, 5) is 11.6. The fourth-order valence-corrected chi connectivity index (χ4v) is 5.24. The number of hydrogen-bond acceptors (Lipinski definition) is 3. The van der Waals surface area contributed by atoms with E-state index in [0.717, 1.165) is 24.7 Å². The molecule has 0 saturated heterocycles. The van der Waals surface area contributed by atoms with Crippen LogP contribution in [0.3, 0.4) is 0 Å². The third kappa shape index (κ3) is 1.26. The zero-order valence-corrected chi connectivity index (χ0v) is 10.7. The number of hydrogen-bond donors (Lipinski definition) is 1. The molecule has 0 radical (unpaired) electrons. The van der Waals surface area contributed by atoms with Crippen molar-refractivity contribution >= 4 is 5.97 Å². The van der Waals surface area contributed by atoms with E-state index in [-0.39, 0.29) is 18.2 Å². The summed E-state index contributed by atoms with van der Waals surface area (Å²) < 4.78 is 5.56. The van der Waals surface area contributed by atoms with Crippen LogP contribution in [0.25, 0.3) is 0 Å². The molecule has 4 rings (SSSR count). The highest BCUT2D eigenvalue weighted by Crippen LogP contribution is 2.70. The molecule has 4 aliphatic rings. The van der Waals surface area contributed by atoms with Crippen LogP contribution in [0.15, 0.2) is 12.2 Å². The fourth-order valence-electron chi connectivity index (χ4n) is 5.24. The lowest BCUT2D eigenvalue weighted by atomic mass is 9.76. The van der Waals surface area contributed by atoms with Crippen LogP contribution in [-0.2, 0) is 9.53 Å². The third-order valence-electron chi connectivity index (χ3n) is 5.90. The molecule has 4 fully saturated rings. The lowest BCUT2D eigenvalue weighted by molar-refractivity contribution is -0.149. The molecular formula is C15H20O3. The highest BCUT2D eigenvalue weighted by Gasteiger charge is 2.69. The molecule has 0 aromatic heterocycles. The average Bonchev–Trinajstić information content (AvgIpc) is 2.75. The molecule has 0 aromatic rings. The van der Waals surface area contributed by atoms with E-state index in [1.807, 2.05) is 0 Å². The van der Waals surface area contributed by atoms with Crippen LogP contribution in [-0.4, -0.2) is 23.3 Å². The van der Waals surface area contributed by atoms with Gasteiger partial charge in [-0.25, -0.2) is 4.79 Å². The Balaban J connectivity index is 1.52. The maximum absolute atomic E-state index is 11.6. The summed E-state index contributed by atoms with van der Waals surface area (Å²) in [5.41, 5.74) is 0.476. The van der Waals surface area contributed by atoms with Crippen LogP contribution in [0.2, 0.25) is 0 Å². The van der Waals surface area contributed by atoms with Gasteiger partial charge in [0.25, 0.3) is 0 Å². The number of ether oxygens (including phenoxy) is 1. The van der Waals surface area contributed by atoms with Crippen molar-refractivity contribution in [2.24, 2.45) is 35.5 Å². The van der Waals surface area contributed by atoms with Gasteiger partial charge in [0.2, 0.25) is 0 Å². The predicted octanol–water partition coefficient (Wildman–Crippen LogP) is 1.76. The summed E-state index contributed by atoms with van der Waals surface area (Å²) in [6.45, 7) is 5.33. The minimum atomic E-state index is -0.262. The third-order valence-corrected chi connectivity index (χ3v) is 5.90. The standard InChI is InChI=1S/C15H20O3/c1-6(2)15(17)18-11-4-7-3-10(11)13-12(7)8-5-9(8)14(13)16/h7-14,16H,1,3-5H2,2H3. The van der Waals surface area contributed by atoms with E-state index in [9.17, 15) is 9.90 Å². The molecule has 0 aromatic carbocycles.